The van der Waals surface area contributed by atoms with Crippen LogP contribution in [-0.2, 0) is 23.7 Å². The lowest BCUT2D eigenvalue weighted by atomic mass is 9.79. The van der Waals surface area contributed by atoms with Gasteiger partial charge in [0.05, 0.1) is 5.69 Å². The van der Waals surface area contributed by atoms with E-state index in [4.69, 9.17) is 4.98 Å². The number of fused-ring (bicyclic) bond motifs is 4. The first-order valence-corrected chi connectivity index (χ1v) is 14.5. The molecule has 0 fully saturated rings. The van der Waals surface area contributed by atoms with Crippen molar-refractivity contribution in [1.29, 1.82) is 0 Å². The average Bonchev–Trinajstić information content (AvgIpc) is 3.25. The second-order valence-electron chi connectivity index (χ2n) is 12.8. The van der Waals surface area contributed by atoms with E-state index in [0.717, 1.165) is 6.42 Å². The second kappa shape index (κ2) is 8.81. The number of rotatable bonds is 2. The van der Waals surface area contributed by atoms with Crippen molar-refractivity contribution in [3.63, 3.8) is 0 Å². The predicted molar refractivity (Wildman–Crippen MR) is 162 cm³/mol. The van der Waals surface area contributed by atoms with E-state index in [1.54, 1.807) is 0 Å². The summed E-state index contributed by atoms with van der Waals surface area (Å²) in [6.45, 7) is 13.9. The Hall–Kier alpha value is -2.97. The molecule has 0 amide bonds. The molecule has 6 rings (SSSR count). The largest absolute Gasteiger partial charge is 0.256 e. The molecule has 188 valence electrons. The van der Waals surface area contributed by atoms with Crippen molar-refractivity contribution >= 4 is 31.5 Å². The topological polar surface area (TPSA) is 12.9 Å². The van der Waals surface area contributed by atoms with E-state index in [9.17, 15) is 0 Å². The van der Waals surface area contributed by atoms with Gasteiger partial charge in [-0.05, 0) is 82.0 Å². The second-order valence-corrected chi connectivity index (χ2v) is 13.9. The van der Waals surface area contributed by atoms with Crippen molar-refractivity contribution in [2.24, 2.45) is 0 Å². The monoisotopic (exact) mass is 503 g/mol. The van der Waals surface area contributed by atoms with Crippen LogP contribution in [0.1, 0.15) is 76.6 Å². The first kappa shape index (κ1) is 24.4. The van der Waals surface area contributed by atoms with E-state index < -0.39 is 0 Å². The van der Waals surface area contributed by atoms with Crippen LogP contribution >= 0.6 is 11.3 Å². The summed E-state index contributed by atoms with van der Waals surface area (Å²) in [7, 11) is 0. The van der Waals surface area contributed by atoms with Crippen molar-refractivity contribution < 1.29 is 0 Å². The number of benzene rings is 3. The van der Waals surface area contributed by atoms with Crippen molar-refractivity contribution in [2.75, 3.05) is 0 Å². The van der Waals surface area contributed by atoms with Gasteiger partial charge in [-0.1, -0.05) is 90.1 Å². The summed E-state index contributed by atoms with van der Waals surface area (Å²) in [4.78, 5) is 4.92. The van der Waals surface area contributed by atoms with Crippen LogP contribution < -0.4 is 0 Å². The van der Waals surface area contributed by atoms with Gasteiger partial charge < -0.3 is 0 Å². The van der Waals surface area contributed by atoms with E-state index in [1.807, 2.05) is 17.5 Å². The number of aryl methyl sites for hydroxylation is 1. The molecule has 1 nitrogen and oxygen atoms in total. The lowest BCUT2D eigenvalue weighted by Crippen LogP contribution is -2.16. The quantitative estimate of drug-likeness (QED) is 0.233. The Balaban J connectivity index is 1.52. The molecule has 37 heavy (non-hydrogen) atoms. The molecule has 0 aliphatic heterocycles. The fraction of sp³-hybridized carbons (Fsp3) is 0.343. The van der Waals surface area contributed by atoms with Crippen molar-refractivity contribution in [2.45, 2.75) is 78.1 Å². The van der Waals surface area contributed by atoms with Crippen molar-refractivity contribution in [3.8, 4) is 22.4 Å². The van der Waals surface area contributed by atoms with E-state index in [2.05, 4.69) is 102 Å². The Morgan fingerprint density at radius 1 is 0.703 bits per heavy atom. The summed E-state index contributed by atoms with van der Waals surface area (Å²) in [5.41, 5.74) is 11.1. The minimum Gasteiger partial charge on any atom is -0.256 e. The van der Waals surface area contributed by atoms with Crippen LogP contribution in [0.4, 0.5) is 0 Å². The molecule has 2 heteroatoms. The zero-order valence-corrected chi connectivity index (χ0v) is 23.9. The van der Waals surface area contributed by atoms with Crippen LogP contribution in [0.15, 0.2) is 66.9 Å². The average molecular weight is 504 g/mol. The smallest absolute Gasteiger partial charge is 0.0751 e. The van der Waals surface area contributed by atoms with Gasteiger partial charge >= 0.3 is 0 Å². The lowest BCUT2D eigenvalue weighted by molar-refractivity contribution is 0.569. The Morgan fingerprint density at radius 3 is 2.16 bits per heavy atom. The third-order valence-corrected chi connectivity index (χ3v) is 9.23. The molecule has 1 aliphatic rings. The number of pyridine rings is 1. The molecule has 0 bridgehead atoms. The van der Waals surface area contributed by atoms with Crippen molar-refractivity contribution in [1.82, 2.24) is 4.98 Å². The molecule has 3 aromatic carbocycles. The zero-order chi connectivity index (χ0) is 25.9. The summed E-state index contributed by atoms with van der Waals surface area (Å²) in [6, 6.07) is 23.3. The highest BCUT2D eigenvalue weighted by Crippen LogP contribution is 2.43. The minimum absolute atomic E-state index is 0.106. The molecular weight excluding hydrogens is 466 g/mol. The van der Waals surface area contributed by atoms with Crippen LogP contribution in [0.5, 0.6) is 0 Å². The van der Waals surface area contributed by atoms with Gasteiger partial charge in [0.25, 0.3) is 0 Å². The van der Waals surface area contributed by atoms with E-state index in [0.29, 0.717) is 0 Å². The maximum absolute atomic E-state index is 4.92. The molecule has 1 aliphatic carbocycles. The SMILES string of the molecule is CC(C)(C)c1cc(-c2ccc3c(c2)sc2c(-c4nccc5c4CCCC5)cccc23)cc(C(C)(C)C)c1. The van der Waals surface area contributed by atoms with Crippen LogP contribution in [-0.4, -0.2) is 4.98 Å². The standard InChI is InChI=1S/C35H37NS/c1-34(2,3)25-18-24(19-26(21-25)35(4,5)6)23-14-15-28-29-12-9-13-30(33(29)37-31(28)20-23)32-27-11-8-7-10-22(27)16-17-36-32/h9,12-21H,7-8,10-11H2,1-6H3. The van der Waals surface area contributed by atoms with Gasteiger partial charge in [0.2, 0.25) is 0 Å². The van der Waals surface area contributed by atoms with Gasteiger partial charge in [0.1, 0.15) is 0 Å². The van der Waals surface area contributed by atoms with Crippen LogP contribution in [0.25, 0.3) is 42.6 Å². The molecule has 2 heterocycles. The molecule has 0 atom stereocenters. The zero-order valence-electron chi connectivity index (χ0n) is 23.0. The normalized spacial score (nSPS) is 14.3. The molecular formula is C35H37NS. The number of nitrogens with zero attached hydrogens (tertiary/aromatic N) is 1. The number of hydrogen-bond donors (Lipinski definition) is 0. The summed E-state index contributed by atoms with van der Waals surface area (Å²) in [5.74, 6) is 0. The summed E-state index contributed by atoms with van der Waals surface area (Å²) < 4.78 is 2.71. The molecule has 0 unspecified atom stereocenters. The van der Waals surface area contributed by atoms with Gasteiger partial charge in [0.15, 0.2) is 0 Å². The number of thiophene rings is 1. The molecule has 0 N–H and O–H groups in total. The molecule has 2 aromatic heterocycles. The number of hydrogen-bond acceptors (Lipinski definition) is 2. The predicted octanol–water partition coefficient (Wildman–Crippen LogP) is 10.3. The maximum Gasteiger partial charge on any atom is 0.0751 e. The Morgan fingerprint density at radius 2 is 1.43 bits per heavy atom. The minimum atomic E-state index is 0.106. The van der Waals surface area contributed by atoms with Crippen LogP contribution in [0.3, 0.4) is 0 Å². The fourth-order valence-corrected chi connectivity index (χ4v) is 6.98. The van der Waals surface area contributed by atoms with Crippen molar-refractivity contribution in [3.05, 3.63) is 89.1 Å². The first-order chi connectivity index (χ1) is 17.6. The van der Waals surface area contributed by atoms with Gasteiger partial charge in [-0.25, -0.2) is 0 Å². The van der Waals surface area contributed by atoms with Crippen LogP contribution in [0, 0.1) is 0 Å². The third-order valence-electron chi connectivity index (χ3n) is 8.03. The maximum atomic E-state index is 4.92. The Kier molecular flexibility index (Phi) is 5.80. The summed E-state index contributed by atoms with van der Waals surface area (Å²) in [6.07, 6.45) is 6.89. The molecule has 0 saturated carbocycles. The van der Waals surface area contributed by atoms with Gasteiger partial charge in [-0.3, -0.25) is 4.98 Å². The molecule has 0 saturated heterocycles. The summed E-state index contributed by atoms with van der Waals surface area (Å²) >= 11 is 1.92. The Labute approximate surface area is 225 Å². The third kappa shape index (κ3) is 4.40. The van der Waals surface area contributed by atoms with E-state index in [-0.39, 0.29) is 10.8 Å². The first-order valence-electron chi connectivity index (χ1n) is 13.7. The number of aromatic nitrogens is 1. The summed E-state index contributed by atoms with van der Waals surface area (Å²) in [5, 5.41) is 2.69. The van der Waals surface area contributed by atoms with Gasteiger partial charge in [-0.15, -0.1) is 11.3 Å². The molecule has 0 spiro atoms. The molecule has 0 radical (unpaired) electrons. The van der Waals surface area contributed by atoms with Gasteiger partial charge in [0, 0.05) is 31.9 Å². The highest BCUT2D eigenvalue weighted by Gasteiger charge is 2.22. The highest BCUT2D eigenvalue weighted by atomic mass is 32.1. The van der Waals surface area contributed by atoms with Crippen LogP contribution in [0.2, 0.25) is 0 Å². The highest BCUT2D eigenvalue weighted by molar-refractivity contribution is 7.26. The molecule has 5 aromatic rings. The fourth-order valence-electron chi connectivity index (χ4n) is 5.72. The lowest BCUT2D eigenvalue weighted by Gasteiger charge is -2.26. The Bertz CT molecular complexity index is 1610. The van der Waals surface area contributed by atoms with E-state index >= 15 is 0 Å². The van der Waals surface area contributed by atoms with E-state index in [1.165, 1.54) is 84.1 Å². The van der Waals surface area contributed by atoms with Gasteiger partial charge in [-0.2, -0.15) is 0 Å².